The molecule has 0 amide bonds. The highest BCUT2D eigenvalue weighted by molar-refractivity contribution is 5.64. The molecule has 0 aromatic carbocycles. The molecule has 0 radical (unpaired) electrons. The summed E-state index contributed by atoms with van der Waals surface area (Å²) in [6.45, 7) is -0.205. The first kappa shape index (κ1) is 11.7. The van der Waals surface area contributed by atoms with Crippen molar-refractivity contribution >= 4 is 0 Å². The number of hydrogen-bond donors (Lipinski definition) is 2. The summed E-state index contributed by atoms with van der Waals surface area (Å²) in [5, 5.41) is 3.51. The number of nitrogens with two attached hydrogens (primary N) is 1. The van der Waals surface area contributed by atoms with Gasteiger partial charge in [0.15, 0.2) is 5.69 Å². The van der Waals surface area contributed by atoms with E-state index in [1.165, 1.54) is 11.7 Å². The van der Waals surface area contributed by atoms with Crippen molar-refractivity contribution in [2.45, 2.75) is 12.7 Å². The average molecular weight is 244 g/mol. The van der Waals surface area contributed by atoms with Crippen molar-refractivity contribution in [3.8, 4) is 11.3 Å². The lowest BCUT2D eigenvalue weighted by Gasteiger charge is -2.05. The zero-order chi connectivity index (χ0) is 12.6. The van der Waals surface area contributed by atoms with E-state index in [-0.39, 0.29) is 12.1 Å². The number of hydrogen-bond acceptors (Lipinski definition) is 2. The lowest BCUT2D eigenvalue weighted by atomic mass is 10.1. The number of H-pyrrole nitrogens is 1. The maximum absolute atomic E-state index is 12.7. The molecular weight excluding hydrogens is 233 g/mol. The fourth-order valence-corrected chi connectivity index (χ4v) is 1.82. The van der Waals surface area contributed by atoms with Crippen LogP contribution in [0.5, 0.6) is 0 Å². The molecular formula is C10H11F3N4. The van der Waals surface area contributed by atoms with Crippen LogP contribution in [0.3, 0.4) is 0 Å². The maximum Gasteiger partial charge on any atom is 0.435 e. The van der Waals surface area contributed by atoms with E-state index in [4.69, 9.17) is 5.73 Å². The standard InChI is InChI=1S/C10H11F3N4/c1-17-8(6-2-3-15-5-6)7(4-14)9(16-17)10(11,12)13/h2-3,5,15H,4,14H2,1H3. The Balaban J connectivity index is 2.65. The van der Waals surface area contributed by atoms with Gasteiger partial charge in [0, 0.05) is 37.1 Å². The van der Waals surface area contributed by atoms with Gasteiger partial charge in [0.05, 0.1) is 5.69 Å². The van der Waals surface area contributed by atoms with Crippen molar-refractivity contribution in [1.29, 1.82) is 0 Å². The zero-order valence-electron chi connectivity index (χ0n) is 9.04. The van der Waals surface area contributed by atoms with Crippen LogP contribution in [-0.4, -0.2) is 14.8 Å². The number of aromatic nitrogens is 3. The van der Waals surface area contributed by atoms with Crippen LogP contribution >= 0.6 is 0 Å². The number of alkyl halides is 3. The fourth-order valence-electron chi connectivity index (χ4n) is 1.82. The van der Waals surface area contributed by atoms with Crippen LogP contribution in [-0.2, 0) is 19.8 Å². The van der Waals surface area contributed by atoms with Gasteiger partial charge in [-0.05, 0) is 6.07 Å². The van der Waals surface area contributed by atoms with Gasteiger partial charge < -0.3 is 10.7 Å². The van der Waals surface area contributed by atoms with Gasteiger partial charge in [-0.3, -0.25) is 4.68 Å². The quantitative estimate of drug-likeness (QED) is 0.847. The second-order valence-electron chi connectivity index (χ2n) is 3.60. The van der Waals surface area contributed by atoms with Gasteiger partial charge >= 0.3 is 6.18 Å². The first-order valence-electron chi connectivity index (χ1n) is 4.91. The molecule has 0 aliphatic heterocycles. The summed E-state index contributed by atoms with van der Waals surface area (Å²) >= 11 is 0. The minimum absolute atomic E-state index is 0.0135. The Labute approximate surface area is 95.2 Å². The highest BCUT2D eigenvalue weighted by Gasteiger charge is 2.38. The van der Waals surface area contributed by atoms with E-state index in [1.807, 2.05) is 0 Å². The van der Waals surface area contributed by atoms with Crippen molar-refractivity contribution in [2.24, 2.45) is 12.8 Å². The number of rotatable bonds is 2. The molecule has 2 heterocycles. The van der Waals surface area contributed by atoms with Crippen molar-refractivity contribution in [2.75, 3.05) is 0 Å². The van der Waals surface area contributed by atoms with Crippen LogP contribution < -0.4 is 5.73 Å². The lowest BCUT2D eigenvalue weighted by Crippen LogP contribution is -2.11. The summed E-state index contributed by atoms with van der Waals surface area (Å²) in [6, 6.07) is 1.68. The average Bonchev–Trinajstić information content (AvgIpc) is 2.82. The molecule has 2 rings (SSSR count). The third kappa shape index (κ3) is 1.93. The highest BCUT2D eigenvalue weighted by Crippen LogP contribution is 2.35. The minimum Gasteiger partial charge on any atom is -0.367 e. The first-order chi connectivity index (χ1) is 7.95. The molecule has 0 spiro atoms. The smallest absolute Gasteiger partial charge is 0.367 e. The third-order valence-corrected chi connectivity index (χ3v) is 2.49. The van der Waals surface area contributed by atoms with Gasteiger partial charge in [-0.25, -0.2) is 0 Å². The van der Waals surface area contributed by atoms with Crippen LogP contribution in [0.4, 0.5) is 13.2 Å². The number of aryl methyl sites for hydroxylation is 1. The van der Waals surface area contributed by atoms with E-state index >= 15 is 0 Å². The van der Waals surface area contributed by atoms with Gasteiger partial charge in [0.25, 0.3) is 0 Å². The van der Waals surface area contributed by atoms with E-state index in [0.29, 0.717) is 11.3 Å². The molecule has 0 aliphatic rings. The molecule has 0 unspecified atom stereocenters. The Morgan fingerprint density at radius 2 is 2.18 bits per heavy atom. The molecule has 0 saturated heterocycles. The number of aromatic amines is 1. The Bertz CT molecular complexity index is 510. The summed E-state index contributed by atoms with van der Waals surface area (Å²) in [5.74, 6) is 0. The Morgan fingerprint density at radius 1 is 1.47 bits per heavy atom. The molecule has 3 N–H and O–H groups in total. The summed E-state index contributed by atoms with van der Waals surface area (Å²) in [5.41, 5.74) is 5.52. The molecule has 0 aliphatic carbocycles. The predicted octanol–water partition coefficient (Wildman–Crippen LogP) is 1.89. The molecule has 4 nitrogen and oxygen atoms in total. The van der Waals surface area contributed by atoms with Crippen LogP contribution in [0.1, 0.15) is 11.3 Å². The summed E-state index contributed by atoms with van der Waals surface area (Å²) in [4.78, 5) is 2.79. The normalized spacial score (nSPS) is 12.1. The van der Waals surface area contributed by atoms with E-state index in [1.54, 1.807) is 18.5 Å². The van der Waals surface area contributed by atoms with E-state index in [0.717, 1.165) is 0 Å². The maximum atomic E-state index is 12.7. The topological polar surface area (TPSA) is 59.6 Å². The Kier molecular flexibility index (Phi) is 2.70. The van der Waals surface area contributed by atoms with Crippen LogP contribution in [0.2, 0.25) is 0 Å². The number of nitrogens with zero attached hydrogens (tertiary/aromatic N) is 2. The van der Waals surface area contributed by atoms with Crippen molar-refractivity contribution in [1.82, 2.24) is 14.8 Å². The molecule has 0 fully saturated rings. The summed E-state index contributed by atoms with van der Waals surface area (Å²) < 4.78 is 39.4. The SMILES string of the molecule is Cn1nc(C(F)(F)F)c(CN)c1-c1cc[nH]c1. The summed E-state index contributed by atoms with van der Waals surface area (Å²) in [6.07, 6.45) is -1.24. The predicted molar refractivity (Wildman–Crippen MR) is 55.9 cm³/mol. The van der Waals surface area contributed by atoms with Gasteiger partial charge in [0.2, 0.25) is 0 Å². The zero-order valence-corrected chi connectivity index (χ0v) is 9.04. The largest absolute Gasteiger partial charge is 0.435 e. The van der Waals surface area contributed by atoms with E-state index < -0.39 is 11.9 Å². The van der Waals surface area contributed by atoms with Crippen molar-refractivity contribution in [3.63, 3.8) is 0 Å². The molecule has 0 saturated carbocycles. The number of nitrogens with one attached hydrogen (secondary N) is 1. The van der Waals surface area contributed by atoms with Gasteiger partial charge in [-0.2, -0.15) is 18.3 Å². The minimum atomic E-state index is -4.49. The second kappa shape index (κ2) is 3.92. The van der Waals surface area contributed by atoms with Gasteiger partial charge in [-0.15, -0.1) is 0 Å². The van der Waals surface area contributed by atoms with E-state index in [2.05, 4.69) is 10.1 Å². The van der Waals surface area contributed by atoms with Gasteiger partial charge in [-0.1, -0.05) is 0 Å². The molecule has 2 aromatic heterocycles. The molecule has 0 bridgehead atoms. The van der Waals surface area contributed by atoms with Crippen molar-refractivity contribution < 1.29 is 13.2 Å². The highest BCUT2D eigenvalue weighted by atomic mass is 19.4. The molecule has 92 valence electrons. The Hall–Kier alpha value is -1.76. The number of halogens is 3. The monoisotopic (exact) mass is 244 g/mol. The van der Waals surface area contributed by atoms with Crippen LogP contribution in [0.15, 0.2) is 18.5 Å². The van der Waals surface area contributed by atoms with E-state index in [9.17, 15) is 13.2 Å². The molecule has 7 heteroatoms. The van der Waals surface area contributed by atoms with Gasteiger partial charge in [0.1, 0.15) is 0 Å². The third-order valence-electron chi connectivity index (χ3n) is 2.49. The van der Waals surface area contributed by atoms with Crippen LogP contribution in [0.25, 0.3) is 11.3 Å². The second-order valence-corrected chi connectivity index (χ2v) is 3.60. The molecule has 17 heavy (non-hydrogen) atoms. The lowest BCUT2D eigenvalue weighted by molar-refractivity contribution is -0.142. The molecule has 2 aromatic rings. The fraction of sp³-hybridized carbons (Fsp3) is 0.300. The molecule has 0 atom stereocenters. The van der Waals surface area contributed by atoms with Crippen LogP contribution in [0, 0.1) is 0 Å². The first-order valence-corrected chi connectivity index (χ1v) is 4.91. The summed E-state index contributed by atoms with van der Waals surface area (Å²) in [7, 11) is 1.47. The van der Waals surface area contributed by atoms with Crippen molar-refractivity contribution in [3.05, 3.63) is 29.7 Å². The Morgan fingerprint density at radius 3 is 2.65 bits per heavy atom.